The summed E-state index contributed by atoms with van der Waals surface area (Å²) in [5.41, 5.74) is 18.8. The van der Waals surface area contributed by atoms with Gasteiger partial charge in [0.05, 0.1) is 26.9 Å². The summed E-state index contributed by atoms with van der Waals surface area (Å²) >= 11 is 1.70. The maximum Gasteiger partial charge on any atom is 0.148 e. The zero-order valence-corrected chi connectivity index (χ0v) is 23.1. The Labute approximate surface area is 229 Å². The topological polar surface area (TPSA) is 134 Å². The highest BCUT2D eigenvalue weighted by Gasteiger charge is 2.13. The van der Waals surface area contributed by atoms with Crippen LogP contribution in [0, 0.1) is 0 Å². The predicted molar refractivity (Wildman–Crippen MR) is 164 cm³/mol. The Hall–Kier alpha value is -4.50. The number of hydrogen-bond donors (Lipinski definition) is 4. The molecule has 0 aliphatic rings. The predicted octanol–water partition coefficient (Wildman–Crippen LogP) is 6.22. The number of benzene rings is 3. The number of nitrogens with two attached hydrogens (primary N) is 2. The van der Waals surface area contributed by atoms with Crippen molar-refractivity contribution >= 4 is 55.2 Å². The van der Waals surface area contributed by atoms with Crippen molar-refractivity contribution in [1.29, 1.82) is 0 Å². The van der Waals surface area contributed by atoms with Crippen molar-refractivity contribution in [2.24, 2.45) is 21.5 Å². The highest BCUT2D eigenvalue weighted by Crippen LogP contribution is 2.35. The maximum atomic E-state index is 6.18. The molecule has 3 aromatic carbocycles. The molecule has 39 heavy (non-hydrogen) atoms. The van der Waals surface area contributed by atoms with Gasteiger partial charge in [0, 0.05) is 33.5 Å². The molecule has 6 N–H and O–H groups in total. The van der Waals surface area contributed by atoms with E-state index in [0.29, 0.717) is 11.7 Å². The van der Waals surface area contributed by atoms with Gasteiger partial charge >= 0.3 is 0 Å². The number of imidazole rings is 2. The second-order valence-electron chi connectivity index (χ2n) is 10.2. The fourth-order valence-electron chi connectivity index (χ4n) is 4.59. The van der Waals surface area contributed by atoms with E-state index in [-0.39, 0.29) is 12.1 Å². The number of rotatable bonds is 6. The first-order valence-corrected chi connectivity index (χ1v) is 13.8. The average molecular weight is 535 g/mol. The van der Waals surface area contributed by atoms with Crippen LogP contribution >= 0.6 is 11.3 Å². The monoisotopic (exact) mass is 534 g/mol. The molecule has 0 radical (unpaired) electrons. The Balaban J connectivity index is 1.32. The van der Waals surface area contributed by atoms with E-state index in [0.717, 1.165) is 65.4 Å². The van der Waals surface area contributed by atoms with Crippen LogP contribution in [0.4, 0.5) is 0 Å². The summed E-state index contributed by atoms with van der Waals surface area (Å²) in [6.45, 7) is 8.04. The van der Waals surface area contributed by atoms with Gasteiger partial charge < -0.3 is 21.4 Å². The van der Waals surface area contributed by atoms with E-state index in [1.165, 1.54) is 0 Å². The van der Waals surface area contributed by atoms with Crippen LogP contribution in [0.1, 0.15) is 38.8 Å². The third-order valence-electron chi connectivity index (χ3n) is 6.38. The van der Waals surface area contributed by atoms with E-state index >= 15 is 0 Å². The molecule has 0 atom stereocenters. The van der Waals surface area contributed by atoms with Gasteiger partial charge in [-0.2, -0.15) is 0 Å². The molecule has 0 aliphatic heterocycles. The van der Waals surface area contributed by atoms with Gasteiger partial charge in [-0.3, -0.25) is 9.98 Å². The smallest absolute Gasteiger partial charge is 0.148 e. The minimum Gasteiger partial charge on any atom is -0.383 e. The van der Waals surface area contributed by atoms with Crippen LogP contribution in [0.5, 0.6) is 0 Å². The number of amidine groups is 2. The van der Waals surface area contributed by atoms with Crippen LogP contribution in [0.25, 0.3) is 54.2 Å². The minimum atomic E-state index is 0.139. The summed E-state index contributed by atoms with van der Waals surface area (Å²) in [7, 11) is 0. The molecule has 0 saturated carbocycles. The molecule has 0 aliphatic carbocycles. The number of H-pyrrole nitrogens is 2. The highest BCUT2D eigenvalue weighted by molar-refractivity contribution is 7.22. The van der Waals surface area contributed by atoms with Crippen molar-refractivity contribution in [2.45, 2.75) is 39.8 Å². The fraction of sp³-hybridized carbons (Fsp3) is 0.200. The van der Waals surface area contributed by atoms with E-state index in [1.807, 2.05) is 64.1 Å². The molecule has 0 spiro atoms. The number of nitrogens with zero attached hydrogens (tertiary/aromatic N) is 4. The normalized spacial score (nSPS) is 13.1. The maximum absolute atomic E-state index is 6.18. The largest absolute Gasteiger partial charge is 0.383 e. The quantitative estimate of drug-likeness (QED) is 0.149. The minimum absolute atomic E-state index is 0.139. The lowest BCUT2D eigenvalue weighted by molar-refractivity contribution is 0.834. The Kier molecular flexibility index (Phi) is 6.15. The number of nitrogens with one attached hydrogen (secondary N) is 2. The molecule has 6 aromatic rings. The molecule has 196 valence electrons. The molecule has 3 heterocycles. The fourth-order valence-corrected chi connectivity index (χ4v) is 5.64. The number of aromatic nitrogens is 4. The SMILES string of the molecule is CC(C)N=C(N)c1ccc2nc(-c3ccc4cc(-c5nc6ccc(C(N)=NC(C)C)cc6[nH]5)sc4c3)[nH]c2c1. The zero-order chi connectivity index (χ0) is 27.3. The molecule has 9 heteroatoms. The van der Waals surface area contributed by atoms with Gasteiger partial charge in [0.1, 0.15) is 23.3 Å². The molecule has 6 rings (SSSR count). The number of fused-ring (bicyclic) bond motifs is 3. The molecular weight excluding hydrogens is 504 g/mol. The number of aromatic amines is 2. The summed E-state index contributed by atoms with van der Waals surface area (Å²) in [5.74, 6) is 2.72. The van der Waals surface area contributed by atoms with Crippen molar-refractivity contribution in [1.82, 2.24) is 19.9 Å². The van der Waals surface area contributed by atoms with E-state index in [9.17, 15) is 0 Å². The van der Waals surface area contributed by atoms with Crippen molar-refractivity contribution in [3.8, 4) is 22.1 Å². The van der Waals surface area contributed by atoms with Gasteiger partial charge in [-0.05, 0) is 81.6 Å². The third kappa shape index (κ3) is 4.88. The van der Waals surface area contributed by atoms with Gasteiger partial charge in [-0.15, -0.1) is 11.3 Å². The van der Waals surface area contributed by atoms with Crippen LogP contribution in [0.3, 0.4) is 0 Å². The summed E-state index contributed by atoms with van der Waals surface area (Å²) in [6.07, 6.45) is 0. The van der Waals surface area contributed by atoms with Crippen LogP contribution in [0.15, 0.2) is 70.6 Å². The second-order valence-corrected chi connectivity index (χ2v) is 11.3. The molecule has 0 amide bonds. The molecule has 0 fully saturated rings. The summed E-state index contributed by atoms with van der Waals surface area (Å²) in [4.78, 5) is 26.5. The van der Waals surface area contributed by atoms with E-state index in [1.54, 1.807) is 11.3 Å². The second kappa shape index (κ2) is 9.67. The van der Waals surface area contributed by atoms with Crippen LogP contribution in [0.2, 0.25) is 0 Å². The third-order valence-corrected chi connectivity index (χ3v) is 7.48. The van der Waals surface area contributed by atoms with Gasteiger partial charge in [0.25, 0.3) is 0 Å². The van der Waals surface area contributed by atoms with Gasteiger partial charge in [0.15, 0.2) is 0 Å². The van der Waals surface area contributed by atoms with Gasteiger partial charge in [0.2, 0.25) is 0 Å². The number of hydrogen-bond acceptors (Lipinski definition) is 5. The van der Waals surface area contributed by atoms with Crippen molar-refractivity contribution < 1.29 is 0 Å². The first-order chi connectivity index (χ1) is 18.7. The lowest BCUT2D eigenvalue weighted by Gasteiger charge is -2.03. The van der Waals surface area contributed by atoms with Crippen LogP contribution < -0.4 is 11.5 Å². The summed E-state index contributed by atoms with van der Waals surface area (Å²) in [6, 6.07) is 20.7. The zero-order valence-electron chi connectivity index (χ0n) is 22.3. The average Bonchev–Trinajstić information content (AvgIpc) is 3.62. The molecule has 3 aromatic heterocycles. The Morgan fingerprint density at radius 2 is 1.28 bits per heavy atom. The molecule has 8 nitrogen and oxygen atoms in total. The molecule has 0 bridgehead atoms. The van der Waals surface area contributed by atoms with E-state index in [2.05, 4.69) is 44.2 Å². The lowest BCUT2D eigenvalue weighted by atomic mass is 10.1. The van der Waals surface area contributed by atoms with Crippen molar-refractivity contribution in [2.75, 3.05) is 0 Å². The molecule has 0 saturated heterocycles. The van der Waals surface area contributed by atoms with Crippen molar-refractivity contribution in [3.05, 3.63) is 71.8 Å². The van der Waals surface area contributed by atoms with Crippen molar-refractivity contribution in [3.63, 3.8) is 0 Å². The summed E-state index contributed by atoms with van der Waals surface area (Å²) < 4.78 is 1.16. The van der Waals surface area contributed by atoms with E-state index < -0.39 is 0 Å². The standard InChI is InChI=1S/C30H30N8S/c1-15(2)33-27(31)18-7-9-21-23(11-18)37-29(35-21)20-6-5-17-13-26(39-25(17)14-20)30-36-22-10-8-19(12-24(22)38-30)28(32)34-16(3)4/h5-16H,1-4H3,(H2,31,33)(H2,32,34)(H,35,37)(H,36,38). The Morgan fingerprint density at radius 1 is 0.718 bits per heavy atom. The van der Waals surface area contributed by atoms with Crippen LogP contribution in [-0.2, 0) is 0 Å². The number of thiophene rings is 1. The van der Waals surface area contributed by atoms with Gasteiger partial charge in [-0.25, -0.2) is 9.97 Å². The number of aliphatic imine (C=N–C) groups is 2. The first kappa shape index (κ1) is 24.8. The molecular formula is C30H30N8S. The lowest BCUT2D eigenvalue weighted by Crippen LogP contribution is -2.15. The highest BCUT2D eigenvalue weighted by atomic mass is 32.1. The van der Waals surface area contributed by atoms with Gasteiger partial charge in [-0.1, -0.05) is 12.1 Å². The van der Waals surface area contributed by atoms with E-state index in [4.69, 9.17) is 21.4 Å². The van der Waals surface area contributed by atoms with Crippen LogP contribution in [-0.4, -0.2) is 43.7 Å². The molecule has 0 unspecified atom stereocenters. The first-order valence-electron chi connectivity index (χ1n) is 12.9. The summed E-state index contributed by atoms with van der Waals surface area (Å²) in [5, 5.41) is 1.16. The Bertz CT molecular complexity index is 1800. The Morgan fingerprint density at radius 3 is 1.87 bits per heavy atom.